The van der Waals surface area contributed by atoms with E-state index in [0.29, 0.717) is 12.5 Å². The van der Waals surface area contributed by atoms with Crippen molar-refractivity contribution < 1.29 is 0 Å². The average Bonchev–Trinajstić information content (AvgIpc) is 2.39. The molecule has 0 amide bonds. The van der Waals surface area contributed by atoms with Gasteiger partial charge < -0.3 is 9.88 Å². The smallest absolute Gasteiger partial charge is 0.255 e. The molecule has 0 saturated heterocycles. The SMILES string of the molecule is CCCCCn1c(C(C)C)ccc(CNCC)c1=O. The fourth-order valence-corrected chi connectivity index (χ4v) is 2.29. The molecule has 1 N–H and O–H groups in total. The van der Waals surface area contributed by atoms with Crippen LogP contribution in [-0.4, -0.2) is 11.1 Å². The third-order valence-electron chi connectivity index (χ3n) is 3.43. The Labute approximate surface area is 117 Å². The number of aromatic nitrogens is 1. The van der Waals surface area contributed by atoms with Crippen LogP contribution in [0.3, 0.4) is 0 Å². The minimum absolute atomic E-state index is 0.184. The molecular formula is C16H28N2O. The van der Waals surface area contributed by atoms with Crippen LogP contribution in [0.5, 0.6) is 0 Å². The minimum atomic E-state index is 0.184. The summed E-state index contributed by atoms with van der Waals surface area (Å²) in [4.78, 5) is 12.5. The van der Waals surface area contributed by atoms with E-state index >= 15 is 0 Å². The van der Waals surface area contributed by atoms with Gasteiger partial charge in [0.2, 0.25) is 0 Å². The maximum atomic E-state index is 12.5. The van der Waals surface area contributed by atoms with E-state index in [0.717, 1.165) is 30.8 Å². The second-order valence-electron chi connectivity index (χ2n) is 5.38. The second kappa shape index (κ2) is 8.16. The summed E-state index contributed by atoms with van der Waals surface area (Å²) >= 11 is 0. The summed E-state index contributed by atoms with van der Waals surface area (Å²) in [6, 6.07) is 4.10. The summed E-state index contributed by atoms with van der Waals surface area (Å²) in [5, 5.41) is 3.24. The summed E-state index contributed by atoms with van der Waals surface area (Å²) in [6.45, 7) is 10.9. The molecule has 0 aliphatic rings. The van der Waals surface area contributed by atoms with Crippen LogP contribution in [0.15, 0.2) is 16.9 Å². The lowest BCUT2D eigenvalue weighted by Gasteiger charge is -2.17. The maximum Gasteiger partial charge on any atom is 0.255 e. The summed E-state index contributed by atoms with van der Waals surface area (Å²) < 4.78 is 1.98. The molecule has 0 aliphatic carbocycles. The van der Waals surface area contributed by atoms with Crippen LogP contribution >= 0.6 is 0 Å². The summed E-state index contributed by atoms with van der Waals surface area (Å²) in [5.74, 6) is 0.391. The standard InChI is InChI=1S/C16H28N2O/c1-5-7-8-11-18-15(13(3)4)10-9-14(16(18)19)12-17-6-2/h9-10,13,17H,5-8,11-12H2,1-4H3. The van der Waals surface area contributed by atoms with Crippen molar-refractivity contribution in [2.24, 2.45) is 0 Å². The van der Waals surface area contributed by atoms with E-state index in [9.17, 15) is 4.79 Å². The molecule has 3 heteroatoms. The van der Waals surface area contributed by atoms with E-state index in [1.807, 2.05) is 10.6 Å². The van der Waals surface area contributed by atoms with Crippen LogP contribution in [0.25, 0.3) is 0 Å². The molecule has 0 fully saturated rings. The molecule has 0 aliphatic heterocycles. The topological polar surface area (TPSA) is 34.0 Å². The lowest BCUT2D eigenvalue weighted by atomic mass is 10.1. The normalized spacial score (nSPS) is 11.2. The maximum absolute atomic E-state index is 12.5. The molecule has 0 unspecified atom stereocenters. The van der Waals surface area contributed by atoms with Gasteiger partial charge >= 0.3 is 0 Å². The first-order valence-corrected chi connectivity index (χ1v) is 7.55. The van der Waals surface area contributed by atoms with E-state index < -0.39 is 0 Å². The van der Waals surface area contributed by atoms with Crippen LogP contribution in [-0.2, 0) is 13.1 Å². The van der Waals surface area contributed by atoms with Crippen molar-refractivity contribution in [2.75, 3.05) is 6.54 Å². The van der Waals surface area contributed by atoms with Crippen LogP contribution in [0, 0.1) is 0 Å². The quantitative estimate of drug-likeness (QED) is 0.731. The molecule has 0 saturated carbocycles. The summed E-state index contributed by atoms with van der Waals surface area (Å²) in [6.07, 6.45) is 3.45. The molecule has 19 heavy (non-hydrogen) atoms. The number of pyridine rings is 1. The van der Waals surface area contributed by atoms with Gasteiger partial charge in [-0.3, -0.25) is 4.79 Å². The van der Waals surface area contributed by atoms with Gasteiger partial charge in [-0.25, -0.2) is 0 Å². The molecule has 0 bridgehead atoms. The first-order chi connectivity index (χ1) is 9.11. The Hall–Kier alpha value is -1.09. The molecule has 0 radical (unpaired) electrons. The fraction of sp³-hybridized carbons (Fsp3) is 0.688. The zero-order valence-corrected chi connectivity index (χ0v) is 12.8. The van der Waals surface area contributed by atoms with E-state index in [2.05, 4.69) is 39.1 Å². The van der Waals surface area contributed by atoms with Gasteiger partial charge in [0.05, 0.1) is 0 Å². The van der Waals surface area contributed by atoms with Crippen molar-refractivity contribution >= 4 is 0 Å². The summed E-state index contributed by atoms with van der Waals surface area (Å²) in [7, 11) is 0. The highest BCUT2D eigenvalue weighted by Gasteiger charge is 2.10. The molecule has 108 valence electrons. The highest BCUT2D eigenvalue weighted by molar-refractivity contribution is 5.18. The molecular weight excluding hydrogens is 236 g/mol. The zero-order valence-electron chi connectivity index (χ0n) is 12.8. The molecule has 0 atom stereocenters. The Morgan fingerprint density at radius 3 is 2.53 bits per heavy atom. The number of rotatable bonds is 8. The third kappa shape index (κ3) is 4.50. The molecule has 3 nitrogen and oxygen atoms in total. The van der Waals surface area contributed by atoms with Gasteiger partial charge in [0.1, 0.15) is 0 Å². The van der Waals surface area contributed by atoms with Crippen molar-refractivity contribution in [3.63, 3.8) is 0 Å². The monoisotopic (exact) mass is 264 g/mol. The second-order valence-corrected chi connectivity index (χ2v) is 5.38. The Morgan fingerprint density at radius 2 is 1.95 bits per heavy atom. The lowest BCUT2D eigenvalue weighted by Crippen LogP contribution is -2.29. The first kappa shape index (κ1) is 16.0. The van der Waals surface area contributed by atoms with E-state index in [-0.39, 0.29) is 5.56 Å². The zero-order chi connectivity index (χ0) is 14.3. The van der Waals surface area contributed by atoms with Crippen molar-refractivity contribution in [3.8, 4) is 0 Å². The number of nitrogens with one attached hydrogen (secondary N) is 1. The van der Waals surface area contributed by atoms with Crippen molar-refractivity contribution in [1.29, 1.82) is 0 Å². The number of nitrogens with zero attached hydrogens (tertiary/aromatic N) is 1. The molecule has 0 spiro atoms. The van der Waals surface area contributed by atoms with Gasteiger partial charge in [0.25, 0.3) is 5.56 Å². The third-order valence-corrected chi connectivity index (χ3v) is 3.43. The summed E-state index contributed by atoms with van der Waals surface area (Å²) in [5.41, 5.74) is 2.22. The predicted molar refractivity (Wildman–Crippen MR) is 81.7 cm³/mol. The highest BCUT2D eigenvalue weighted by Crippen LogP contribution is 2.14. The largest absolute Gasteiger partial charge is 0.313 e. The Morgan fingerprint density at radius 1 is 1.21 bits per heavy atom. The predicted octanol–water partition coefficient (Wildman–Crippen LogP) is 3.27. The number of hydrogen-bond acceptors (Lipinski definition) is 2. The molecule has 0 aromatic carbocycles. The van der Waals surface area contributed by atoms with Crippen molar-refractivity contribution in [2.45, 2.75) is 66.0 Å². The van der Waals surface area contributed by atoms with Gasteiger partial charge in [-0.2, -0.15) is 0 Å². The Bertz CT molecular complexity index is 435. The Balaban J connectivity index is 3.01. The van der Waals surface area contributed by atoms with Crippen LogP contribution in [0.4, 0.5) is 0 Å². The van der Waals surface area contributed by atoms with E-state index in [4.69, 9.17) is 0 Å². The van der Waals surface area contributed by atoms with Crippen LogP contribution < -0.4 is 10.9 Å². The van der Waals surface area contributed by atoms with Gasteiger partial charge in [-0.1, -0.05) is 46.6 Å². The van der Waals surface area contributed by atoms with Gasteiger partial charge in [-0.15, -0.1) is 0 Å². The minimum Gasteiger partial charge on any atom is -0.313 e. The first-order valence-electron chi connectivity index (χ1n) is 7.55. The number of unbranched alkanes of at least 4 members (excludes halogenated alkanes) is 2. The van der Waals surface area contributed by atoms with Gasteiger partial charge in [-0.05, 0) is 24.9 Å². The lowest BCUT2D eigenvalue weighted by molar-refractivity contribution is 0.546. The molecule has 1 rings (SSSR count). The van der Waals surface area contributed by atoms with Gasteiger partial charge in [0, 0.05) is 24.3 Å². The van der Waals surface area contributed by atoms with Crippen molar-refractivity contribution in [3.05, 3.63) is 33.7 Å². The molecule has 1 aromatic rings. The van der Waals surface area contributed by atoms with E-state index in [1.165, 1.54) is 12.8 Å². The van der Waals surface area contributed by atoms with Crippen LogP contribution in [0.2, 0.25) is 0 Å². The fourth-order valence-electron chi connectivity index (χ4n) is 2.29. The molecule has 1 aromatic heterocycles. The van der Waals surface area contributed by atoms with Gasteiger partial charge in [0.15, 0.2) is 0 Å². The highest BCUT2D eigenvalue weighted by atomic mass is 16.1. The average molecular weight is 264 g/mol. The van der Waals surface area contributed by atoms with Crippen LogP contribution in [0.1, 0.15) is 64.1 Å². The Kier molecular flexibility index (Phi) is 6.85. The number of hydrogen-bond donors (Lipinski definition) is 1. The van der Waals surface area contributed by atoms with Crippen molar-refractivity contribution in [1.82, 2.24) is 9.88 Å². The van der Waals surface area contributed by atoms with E-state index in [1.54, 1.807) is 0 Å². The molecule has 1 heterocycles.